The molecule has 0 spiro atoms. The molecule has 0 aliphatic carbocycles. The highest BCUT2D eigenvalue weighted by Gasteiger charge is 2.20. The number of carbonyl (C=O) groups is 2. The molecule has 0 fully saturated rings. The van der Waals surface area contributed by atoms with Crippen molar-refractivity contribution < 1.29 is 19.2 Å². The number of carbonyl (C=O) groups excluding carboxylic acids is 1. The molecule has 6 nitrogen and oxygen atoms in total. The lowest BCUT2D eigenvalue weighted by atomic mass is 10.1. The first-order chi connectivity index (χ1) is 8.32. The molecule has 0 radical (unpaired) electrons. The van der Waals surface area contributed by atoms with Gasteiger partial charge in [0.1, 0.15) is 5.76 Å². The van der Waals surface area contributed by atoms with Crippen LogP contribution in [0.15, 0.2) is 4.52 Å². The average Bonchev–Trinajstić information content (AvgIpc) is 2.60. The van der Waals surface area contributed by atoms with E-state index in [1.807, 2.05) is 0 Å². The van der Waals surface area contributed by atoms with E-state index in [-0.39, 0.29) is 18.9 Å². The summed E-state index contributed by atoms with van der Waals surface area (Å²) in [5.74, 6) is -1.01. The van der Waals surface area contributed by atoms with Crippen molar-refractivity contribution in [1.29, 1.82) is 0 Å². The second-order valence-electron chi connectivity index (χ2n) is 4.49. The Labute approximate surface area is 106 Å². The fraction of sp³-hybridized carbons (Fsp3) is 0.583. The zero-order valence-corrected chi connectivity index (χ0v) is 11.1. The Morgan fingerprint density at radius 1 is 1.44 bits per heavy atom. The Hall–Kier alpha value is -1.85. The van der Waals surface area contributed by atoms with Gasteiger partial charge >= 0.3 is 5.97 Å². The van der Waals surface area contributed by atoms with E-state index in [9.17, 15) is 9.59 Å². The molecule has 1 unspecified atom stereocenters. The first-order valence-electron chi connectivity index (χ1n) is 5.71. The van der Waals surface area contributed by atoms with Crippen molar-refractivity contribution in [3.05, 3.63) is 17.0 Å². The van der Waals surface area contributed by atoms with Crippen LogP contribution >= 0.6 is 0 Å². The van der Waals surface area contributed by atoms with Crippen LogP contribution in [-0.2, 0) is 16.0 Å². The third-order valence-corrected chi connectivity index (χ3v) is 2.90. The van der Waals surface area contributed by atoms with Crippen molar-refractivity contribution in [2.75, 3.05) is 13.6 Å². The number of amides is 1. The lowest BCUT2D eigenvalue weighted by Crippen LogP contribution is -2.34. The standard InChI is InChI=1S/C12H18N2O4/c1-7(12(16)17)6-14(4)11(15)5-10-8(2)13-18-9(10)3/h7H,5-6H2,1-4H3,(H,16,17). The highest BCUT2D eigenvalue weighted by atomic mass is 16.5. The second kappa shape index (κ2) is 5.66. The molecule has 0 aliphatic rings. The van der Waals surface area contributed by atoms with Crippen molar-refractivity contribution in [1.82, 2.24) is 10.1 Å². The fourth-order valence-electron chi connectivity index (χ4n) is 1.63. The largest absolute Gasteiger partial charge is 0.481 e. The Balaban J connectivity index is 2.63. The zero-order chi connectivity index (χ0) is 13.9. The third kappa shape index (κ3) is 3.32. The Morgan fingerprint density at radius 3 is 2.50 bits per heavy atom. The summed E-state index contributed by atoms with van der Waals surface area (Å²) in [4.78, 5) is 24.1. The first-order valence-corrected chi connectivity index (χ1v) is 5.71. The summed E-state index contributed by atoms with van der Waals surface area (Å²) in [6.07, 6.45) is 0.185. The van der Waals surface area contributed by atoms with Crippen LogP contribution in [0.2, 0.25) is 0 Å². The molecule has 1 amide bonds. The topological polar surface area (TPSA) is 83.6 Å². The molecular formula is C12H18N2O4. The lowest BCUT2D eigenvalue weighted by molar-refractivity contribution is -0.142. The van der Waals surface area contributed by atoms with Gasteiger partial charge in [-0.2, -0.15) is 0 Å². The number of aryl methyl sites for hydroxylation is 2. The average molecular weight is 254 g/mol. The number of likely N-dealkylation sites (N-methyl/N-ethyl adjacent to an activating group) is 1. The predicted molar refractivity (Wildman–Crippen MR) is 64.1 cm³/mol. The summed E-state index contributed by atoms with van der Waals surface area (Å²) in [5.41, 5.74) is 1.47. The van der Waals surface area contributed by atoms with E-state index in [1.165, 1.54) is 4.90 Å². The minimum Gasteiger partial charge on any atom is -0.481 e. The number of nitrogens with zero attached hydrogens (tertiary/aromatic N) is 2. The molecule has 100 valence electrons. The number of carboxylic acid groups (broad SMARTS) is 1. The summed E-state index contributed by atoms with van der Waals surface area (Å²) in [6.45, 7) is 5.29. The second-order valence-corrected chi connectivity index (χ2v) is 4.49. The number of hydrogen-bond acceptors (Lipinski definition) is 4. The fourth-order valence-corrected chi connectivity index (χ4v) is 1.63. The molecule has 0 saturated heterocycles. The quantitative estimate of drug-likeness (QED) is 0.847. The van der Waals surface area contributed by atoms with Gasteiger partial charge in [-0.15, -0.1) is 0 Å². The Bertz CT molecular complexity index is 433. The van der Waals surface area contributed by atoms with Gasteiger partial charge in [0, 0.05) is 19.2 Å². The van der Waals surface area contributed by atoms with Crippen LogP contribution in [0.1, 0.15) is 23.9 Å². The maximum Gasteiger partial charge on any atom is 0.308 e. The Kier molecular flexibility index (Phi) is 4.47. The summed E-state index contributed by atoms with van der Waals surface area (Å²) < 4.78 is 4.98. The molecule has 1 rings (SSSR count). The molecule has 1 N–H and O–H groups in total. The van der Waals surface area contributed by atoms with Crippen molar-refractivity contribution in [2.45, 2.75) is 27.2 Å². The normalized spacial score (nSPS) is 12.2. The van der Waals surface area contributed by atoms with E-state index < -0.39 is 11.9 Å². The smallest absolute Gasteiger partial charge is 0.308 e. The molecule has 0 saturated carbocycles. The third-order valence-electron chi connectivity index (χ3n) is 2.90. The minimum atomic E-state index is -0.910. The molecule has 1 atom stereocenters. The van der Waals surface area contributed by atoms with Gasteiger partial charge in [0.15, 0.2) is 0 Å². The number of aromatic nitrogens is 1. The SMILES string of the molecule is Cc1noc(C)c1CC(=O)N(C)CC(C)C(=O)O. The van der Waals surface area contributed by atoms with E-state index in [1.54, 1.807) is 27.8 Å². The summed E-state index contributed by atoms with van der Waals surface area (Å²) in [5, 5.41) is 12.6. The van der Waals surface area contributed by atoms with Crippen LogP contribution in [0, 0.1) is 19.8 Å². The van der Waals surface area contributed by atoms with E-state index in [4.69, 9.17) is 9.63 Å². The molecule has 0 aliphatic heterocycles. The zero-order valence-electron chi connectivity index (χ0n) is 11.1. The number of rotatable bonds is 5. The van der Waals surface area contributed by atoms with Gasteiger partial charge in [-0.05, 0) is 13.8 Å². The highest BCUT2D eigenvalue weighted by Crippen LogP contribution is 2.14. The van der Waals surface area contributed by atoms with E-state index in [2.05, 4.69) is 5.16 Å². The van der Waals surface area contributed by atoms with Crippen LogP contribution in [-0.4, -0.2) is 40.6 Å². The van der Waals surface area contributed by atoms with Gasteiger partial charge in [0.2, 0.25) is 5.91 Å². The highest BCUT2D eigenvalue weighted by molar-refractivity contribution is 5.79. The van der Waals surface area contributed by atoms with E-state index >= 15 is 0 Å². The maximum atomic E-state index is 11.9. The van der Waals surface area contributed by atoms with Gasteiger partial charge in [-0.25, -0.2) is 0 Å². The van der Waals surface area contributed by atoms with Gasteiger partial charge in [0.05, 0.1) is 18.0 Å². The first kappa shape index (κ1) is 14.2. The van der Waals surface area contributed by atoms with Crippen LogP contribution < -0.4 is 0 Å². The van der Waals surface area contributed by atoms with Crippen molar-refractivity contribution >= 4 is 11.9 Å². The molecule has 1 aromatic heterocycles. The van der Waals surface area contributed by atoms with Crippen LogP contribution in [0.25, 0.3) is 0 Å². The van der Waals surface area contributed by atoms with Gasteiger partial charge < -0.3 is 14.5 Å². The van der Waals surface area contributed by atoms with Crippen molar-refractivity contribution in [2.24, 2.45) is 5.92 Å². The van der Waals surface area contributed by atoms with Gasteiger partial charge in [0.25, 0.3) is 0 Å². The van der Waals surface area contributed by atoms with Gasteiger partial charge in [-0.3, -0.25) is 9.59 Å². The van der Waals surface area contributed by atoms with Gasteiger partial charge in [-0.1, -0.05) is 12.1 Å². The summed E-state index contributed by atoms with van der Waals surface area (Å²) >= 11 is 0. The molecule has 1 heterocycles. The maximum absolute atomic E-state index is 11.9. The molecule has 6 heteroatoms. The number of aliphatic carboxylic acids is 1. The van der Waals surface area contributed by atoms with Crippen LogP contribution in [0.4, 0.5) is 0 Å². The lowest BCUT2D eigenvalue weighted by Gasteiger charge is -2.19. The van der Waals surface area contributed by atoms with Crippen molar-refractivity contribution in [3.8, 4) is 0 Å². The molecule has 0 aromatic carbocycles. The number of hydrogen-bond donors (Lipinski definition) is 1. The van der Waals surface area contributed by atoms with Crippen LogP contribution in [0.3, 0.4) is 0 Å². The molecule has 1 aromatic rings. The minimum absolute atomic E-state index is 0.141. The monoisotopic (exact) mass is 254 g/mol. The number of carboxylic acids is 1. The predicted octanol–water partition coefficient (Wildman–Crippen LogP) is 1.01. The Morgan fingerprint density at radius 2 is 2.06 bits per heavy atom. The van der Waals surface area contributed by atoms with E-state index in [0.29, 0.717) is 11.5 Å². The molecule has 0 bridgehead atoms. The van der Waals surface area contributed by atoms with Crippen LogP contribution in [0.5, 0.6) is 0 Å². The summed E-state index contributed by atoms with van der Waals surface area (Å²) in [6, 6.07) is 0. The summed E-state index contributed by atoms with van der Waals surface area (Å²) in [7, 11) is 1.60. The molecule has 18 heavy (non-hydrogen) atoms. The van der Waals surface area contributed by atoms with Crippen molar-refractivity contribution in [3.63, 3.8) is 0 Å². The van der Waals surface area contributed by atoms with E-state index in [0.717, 1.165) is 5.56 Å². The molecular weight excluding hydrogens is 236 g/mol.